The Bertz CT molecular complexity index is 1150. The Labute approximate surface area is 160 Å². The van der Waals surface area contributed by atoms with E-state index in [2.05, 4.69) is 20.1 Å². The fourth-order valence-corrected chi connectivity index (χ4v) is 2.61. The number of rotatable bonds is 3. The topological polar surface area (TPSA) is 79.8 Å². The molecule has 0 saturated heterocycles. The molecule has 28 heavy (non-hydrogen) atoms. The monoisotopic (exact) mass is 378 g/mol. The summed E-state index contributed by atoms with van der Waals surface area (Å²) >= 11 is 0. The molecule has 0 radical (unpaired) electrons. The van der Waals surface area contributed by atoms with E-state index >= 15 is 0 Å². The lowest BCUT2D eigenvalue weighted by molar-refractivity contribution is 0.146. The molecule has 0 unspecified atom stereocenters. The number of halogens is 2. The molecule has 4 heterocycles. The van der Waals surface area contributed by atoms with Crippen molar-refractivity contribution in [3.8, 4) is 28.7 Å². The highest BCUT2D eigenvalue weighted by Gasteiger charge is 2.15. The van der Waals surface area contributed by atoms with Crippen LogP contribution >= 0.6 is 0 Å². The molecule has 4 aromatic heterocycles. The van der Waals surface area contributed by atoms with Crippen molar-refractivity contribution in [1.29, 1.82) is 5.26 Å². The lowest BCUT2D eigenvalue weighted by atomic mass is 10.1. The molecule has 0 N–H and O–H groups in total. The molecular formula is C20H16F2N6. The van der Waals surface area contributed by atoms with Crippen LogP contribution in [0.25, 0.3) is 28.3 Å². The van der Waals surface area contributed by atoms with Crippen LogP contribution < -0.4 is 0 Å². The van der Waals surface area contributed by atoms with Crippen LogP contribution in [0.2, 0.25) is 0 Å². The van der Waals surface area contributed by atoms with Gasteiger partial charge in [0.25, 0.3) is 6.43 Å². The second-order valence-electron chi connectivity index (χ2n) is 5.39. The van der Waals surface area contributed by atoms with Gasteiger partial charge in [-0.15, -0.1) is 0 Å². The van der Waals surface area contributed by atoms with Crippen LogP contribution in [0.4, 0.5) is 8.78 Å². The average molecular weight is 378 g/mol. The van der Waals surface area contributed by atoms with Crippen molar-refractivity contribution in [3.63, 3.8) is 0 Å². The first-order chi connectivity index (χ1) is 13.7. The predicted octanol–water partition coefficient (Wildman–Crippen LogP) is 4.69. The Morgan fingerprint density at radius 3 is 2.57 bits per heavy atom. The van der Waals surface area contributed by atoms with E-state index in [-0.39, 0.29) is 5.69 Å². The highest BCUT2D eigenvalue weighted by Crippen LogP contribution is 2.29. The maximum Gasteiger partial charge on any atom is 0.280 e. The van der Waals surface area contributed by atoms with E-state index in [1.54, 1.807) is 36.5 Å². The molecule has 4 rings (SSSR count). The van der Waals surface area contributed by atoms with Gasteiger partial charge >= 0.3 is 0 Å². The SMILES string of the molecule is CC.N#Cc1cnc2ccc(-c3cccnc3-c3cccc(C(F)F)n3)nn12. The van der Waals surface area contributed by atoms with Crippen molar-refractivity contribution in [1.82, 2.24) is 24.6 Å². The summed E-state index contributed by atoms with van der Waals surface area (Å²) < 4.78 is 27.4. The minimum atomic E-state index is -2.67. The van der Waals surface area contributed by atoms with E-state index in [4.69, 9.17) is 5.26 Å². The number of aromatic nitrogens is 5. The third kappa shape index (κ3) is 3.55. The zero-order valence-electron chi connectivity index (χ0n) is 15.2. The van der Waals surface area contributed by atoms with Gasteiger partial charge in [-0.05, 0) is 36.4 Å². The van der Waals surface area contributed by atoms with Gasteiger partial charge < -0.3 is 0 Å². The molecule has 6 nitrogen and oxygen atoms in total. The van der Waals surface area contributed by atoms with Crippen LogP contribution in [0.15, 0.2) is 54.9 Å². The van der Waals surface area contributed by atoms with Crippen LogP contribution in [0.1, 0.15) is 31.7 Å². The molecule has 0 amide bonds. The Morgan fingerprint density at radius 2 is 1.82 bits per heavy atom. The standard InChI is InChI=1S/C18H10F2N6.C2H6/c19-18(20)15-5-1-4-14(24-15)17-12(3-2-8-22-17)13-6-7-16-23-10-11(9-21)26(16)25-13;1-2/h1-8,10,18H;1-2H3. The number of nitrogens with zero attached hydrogens (tertiary/aromatic N) is 6. The first kappa shape index (κ1) is 19.0. The van der Waals surface area contributed by atoms with Crippen molar-refractivity contribution in [2.24, 2.45) is 0 Å². The van der Waals surface area contributed by atoms with Crippen LogP contribution in [-0.4, -0.2) is 24.6 Å². The van der Waals surface area contributed by atoms with Crippen LogP contribution in [0.5, 0.6) is 0 Å². The molecule has 0 fully saturated rings. The van der Waals surface area contributed by atoms with E-state index in [1.165, 1.54) is 22.8 Å². The summed E-state index contributed by atoms with van der Waals surface area (Å²) in [6.45, 7) is 4.00. The Morgan fingerprint density at radius 1 is 1.00 bits per heavy atom. The van der Waals surface area contributed by atoms with E-state index < -0.39 is 6.43 Å². The van der Waals surface area contributed by atoms with Crippen LogP contribution in [0.3, 0.4) is 0 Å². The molecule has 4 aromatic rings. The van der Waals surface area contributed by atoms with Gasteiger partial charge in [-0.1, -0.05) is 19.9 Å². The van der Waals surface area contributed by atoms with E-state index in [9.17, 15) is 8.78 Å². The number of imidazole rings is 1. The van der Waals surface area contributed by atoms with Crippen molar-refractivity contribution in [2.45, 2.75) is 20.3 Å². The summed E-state index contributed by atoms with van der Waals surface area (Å²) in [6, 6.07) is 13.4. The largest absolute Gasteiger partial charge is 0.280 e. The molecule has 8 heteroatoms. The fraction of sp³-hybridized carbons (Fsp3) is 0.150. The highest BCUT2D eigenvalue weighted by molar-refractivity contribution is 5.77. The average Bonchev–Trinajstić information content (AvgIpc) is 3.17. The van der Waals surface area contributed by atoms with Gasteiger partial charge in [0.15, 0.2) is 11.3 Å². The molecule has 0 saturated carbocycles. The minimum Gasteiger partial charge on any atom is -0.254 e. The third-order valence-electron chi connectivity index (χ3n) is 3.80. The lowest BCUT2D eigenvalue weighted by Crippen LogP contribution is -2.00. The van der Waals surface area contributed by atoms with Crippen molar-refractivity contribution in [3.05, 3.63) is 66.2 Å². The Balaban J connectivity index is 0.00000109. The first-order valence-corrected chi connectivity index (χ1v) is 8.63. The van der Waals surface area contributed by atoms with Gasteiger partial charge in [0, 0.05) is 11.8 Å². The van der Waals surface area contributed by atoms with E-state index in [1.807, 2.05) is 19.9 Å². The summed E-state index contributed by atoms with van der Waals surface area (Å²) in [6.07, 6.45) is 0.330. The summed E-state index contributed by atoms with van der Waals surface area (Å²) in [4.78, 5) is 12.4. The zero-order chi connectivity index (χ0) is 20.1. The molecule has 0 aromatic carbocycles. The molecule has 0 aliphatic heterocycles. The second-order valence-corrected chi connectivity index (χ2v) is 5.39. The number of alkyl halides is 2. The van der Waals surface area contributed by atoms with Gasteiger partial charge in [0.2, 0.25) is 0 Å². The number of pyridine rings is 2. The third-order valence-corrected chi connectivity index (χ3v) is 3.80. The lowest BCUT2D eigenvalue weighted by Gasteiger charge is -2.09. The maximum atomic E-state index is 13.0. The van der Waals surface area contributed by atoms with Crippen LogP contribution in [-0.2, 0) is 0 Å². The smallest absolute Gasteiger partial charge is 0.254 e. The van der Waals surface area contributed by atoms with Gasteiger partial charge in [-0.2, -0.15) is 10.4 Å². The number of hydrogen-bond acceptors (Lipinski definition) is 5. The number of fused-ring (bicyclic) bond motifs is 1. The Hall–Kier alpha value is -3.73. The summed E-state index contributed by atoms with van der Waals surface area (Å²) in [5.41, 5.74) is 2.42. The zero-order valence-corrected chi connectivity index (χ0v) is 15.2. The normalized spacial score (nSPS) is 10.4. The summed E-state index contributed by atoms with van der Waals surface area (Å²) in [5, 5.41) is 13.6. The summed E-state index contributed by atoms with van der Waals surface area (Å²) in [7, 11) is 0. The van der Waals surface area contributed by atoms with Gasteiger partial charge in [0.1, 0.15) is 11.8 Å². The molecule has 0 aliphatic carbocycles. The fourth-order valence-electron chi connectivity index (χ4n) is 2.61. The van der Waals surface area contributed by atoms with Crippen molar-refractivity contribution >= 4 is 5.65 Å². The van der Waals surface area contributed by atoms with Gasteiger partial charge in [-0.3, -0.25) is 4.98 Å². The molecule has 140 valence electrons. The van der Waals surface area contributed by atoms with E-state index in [0.29, 0.717) is 34.0 Å². The van der Waals surface area contributed by atoms with E-state index in [0.717, 1.165) is 0 Å². The predicted molar refractivity (Wildman–Crippen MR) is 100 cm³/mol. The quantitative estimate of drug-likeness (QED) is 0.517. The number of hydrogen-bond donors (Lipinski definition) is 0. The highest BCUT2D eigenvalue weighted by atomic mass is 19.3. The van der Waals surface area contributed by atoms with Gasteiger partial charge in [0.05, 0.1) is 23.3 Å². The molecule has 0 bridgehead atoms. The number of nitriles is 1. The van der Waals surface area contributed by atoms with Crippen LogP contribution in [0, 0.1) is 11.3 Å². The van der Waals surface area contributed by atoms with Crippen molar-refractivity contribution < 1.29 is 8.78 Å². The maximum absolute atomic E-state index is 13.0. The Kier molecular flexibility index (Phi) is 5.65. The second kappa shape index (κ2) is 8.31. The first-order valence-electron chi connectivity index (χ1n) is 8.63. The van der Waals surface area contributed by atoms with Crippen molar-refractivity contribution in [2.75, 3.05) is 0 Å². The molecule has 0 spiro atoms. The molecule has 0 atom stereocenters. The van der Waals surface area contributed by atoms with Gasteiger partial charge in [-0.25, -0.2) is 23.3 Å². The summed E-state index contributed by atoms with van der Waals surface area (Å²) in [5.74, 6) is 0. The molecule has 0 aliphatic rings. The molecular weight excluding hydrogens is 362 g/mol. The minimum absolute atomic E-state index is 0.296.